The Balaban J connectivity index is 1.29. The van der Waals surface area contributed by atoms with Crippen LogP contribution < -0.4 is 5.73 Å². The average Bonchev–Trinajstić information content (AvgIpc) is 3.53. The highest BCUT2D eigenvalue weighted by molar-refractivity contribution is 8.18. The predicted octanol–water partition coefficient (Wildman–Crippen LogP) is 5.36. The first-order valence-electron chi connectivity index (χ1n) is 13.6. The van der Waals surface area contributed by atoms with Gasteiger partial charge in [0.15, 0.2) is 5.17 Å². The van der Waals surface area contributed by atoms with Crippen LogP contribution in [0.25, 0.3) is 17.0 Å². The number of carbonyl (C=O) groups excluding carboxylic acids is 2. The molecule has 2 aromatic carbocycles. The summed E-state index contributed by atoms with van der Waals surface area (Å²) in [6, 6.07) is 6.37. The van der Waals surface area contributed by atoms with Crippen LogP contribution in [0.15, 0.2) is 52.5 Å². The number of nitrogens with zero attached hydrogens (tertiary/aromatic N) is 5. The molecule has 0 spiro atoms. The molecule has 0 saturated carbocycles. The van der Waals surface area contributed by atoms with Gasteiger partial charge in [-0.05, 0) is 73.0 Å². The third-order valence-corrected chi connectivity index (χ3v) is 9.02. The van der Waals surface area contributed by atoms with E-state index in [-0.39, 0.29) is 29.6 Å². The summed E-state index contributed by atoms with van der Waals surface area (Å²) in [6.07, 6.45) is -5.23. The van der Waals surface area contributed by atoms with Crippen molar-refractivity contribution in [1.29, 1.82) is 0 Å². The third kappa shape index (κ3) is 6.62. The Morgan fingerprint density at radius 2 is 1.82 bits per heavy atom. The molecule has 2 aliphatic heterocycles. The van der Waals surface area contributed by atoms with Gasteiger partial charge in [-0.1, -0.05) is 12.1 Å². The Bertz CT molecular complexity index is 1660. The second kappa shape index (κ2) is 11.9. The van der Waals surface area contributed by atoms with Crippen LogP contribution in [-0.4, -0.2) is 68.8 Å². The molecular weight excluding hydrogens is 610 g/mol. The van der Waals surface area contributed by atoms with Crippen molar-refractivity contribution in [2.45, 2.75) is 50.7 Å². The Labute approximate surface area is 252 Å². The van der Waals surface area contributed by atoms with E-state index in [2.05, 4.69) is 10.1 Å². The van der Waals surface area contributed by atoms with E-state index in [1.807, 2.05) is 16.8 Å². The van der Waals surface area contributed by atoms with E-state index in [9.17, 15) is 35.9 Å². The molecule has 2 amide bonds. The number of likely N-dealkylation sites (tertiary alicyclic amines) is 1. The molecule has 2 aliphatic rings. The minimum absolute atomic E-state index is 0.114. The summed E-state index contributed by atoms with van der Waals surface area (Å²) in [6.45, 7) is 2.77. The highest BCUT2D eigenvalue weighted by atomic mass is 32.2. The normalized spacial score (nSPS) is 18.7. The number of aromatic nitrogens is 2. The fourth-order valence-electron chi connectivity index (χ4n) is 5.33. The minimum Gasteiger partial charge on any atom is -0.368 e. The van der Waals surface area contributed by atoms with Gasteiger partial charge < -0.3 is 10.6 Å². The van der Waals surface area contributed by atoms with Crippen molar-refractivity contribution in [1.82, 2.24) is 19.6 Å². The molecule has 3 heterocycles. The fraction of sp³-hybridized carbons (Fsp3) is 0.379. The van der Waals surface area contributed by atoms with E-state index in [4.69, 9.17) is 5.73 Å². The molecule has 1 atom stereocenters. The second-order valence-corrected chi connectivity index (χ2v) is 11.8. The van der Waals surface area contributed by atoms with Crippen LogP contribution in [0.1, 0.15) is 42.0 Å². The number of halogens is 6. The van der Waals surface area contributed by atoms with Crippen molar-refractivity contribution in [3.05, 3.63) is 69.8 Å². The molecule has 0 bridgehead atoms. The molecule has 15 heteroatoms. The van der Waals surface area contributed by atoms with Gasteiger partial charge in [-0.25, -0.2) is 0 Å². The number of fused-ring (bicyclic) bond motifs is 1. The first-order chi connectivity index (χ1) is 20.6. The molecule has 5 rings (SSSR count). The van der Waals surface area contributed by atoms with E-state index in [0.717, 1.165) is 18.9 Å². The molecule has 8 nitrogen and oxygen atoms in total. The second-order valence-electron chi connectivity index (χ2n) is 10.8. The van der Waals surface area contributed by atoms with E-state index in [0.29, 0.717) is 45.7 Å². The molecule has 1 aromatic heterocycles. The summed E-state index contributed by atoms with van der Waals surface area (Å²) in [5, 5.41) is 5.30. The van der Waals surface area contributed by atoms with Crippen LogP contribution in [0, 0.1) is 0 Å². The number of carbonyl (C=O) groups is 2. The number of nitrogens with two attached hydrogens (primary N) is 1. The van der Waals surface area contributed by atoms with E-state index < -0.39 is 35.9 Å². The molecule has 1 fully saturated rings. The van der Waals surface area contributed by atoms with Crippen molar-refractivity contribution >= 4 is 45.7 Å². The molecule has 3 aromatic rings. The number of hydrogen-bond donors (Lipinski definition) is 1. The average molecular weight is 639 g/mol. The number of benzene rings is 2. The summed E-state index contributed by atoms with van der Waals surface area (Å²) in [7, 11) is 1.88. The lowest BCUT2D eigenvalue weighted by Gasteiger charge is -2.38. The van der Waals surface area contributed by atoms with E-state index in [1.165, 1.54) is 22.6 Å². The number of thioether (sulfide) groups is 1. The fourth-order valence-corrected chi connectivity index (χ4v) is 6.28. The zero-order chi connectivity index (χ0) is 32.0. The first-order valence-corrected chi connectivity index (χ1v) is 14.4. The molecule has 234 valence electrons. The highest BCUT2D eigenvalue weighted by Gasteiger charge is 2.38. The van der Waals surface area contributed by atoms with Crippen LogP contribution in [0.4, 0.5) is 26.3 Å². The molecule has 1 unspecified atom stereocenters. The monoisotopic (exact) mass is 638 g/mol. The third-order valence-electron chi connectivity index (χ3n) is 7.94. The zero-order valence-electron chi connectivity index (χ0n) is 23.6. The topological polar surface area (TPSA) is 96.8 Å². The largest absolute Gasteiger partial charge is 0.416 e. The van der Waals surface area contributed by atoms with E-state index >= 15 is 0 Å². The molecule has 44 heavy (non-hydrogen) atoms. The summed E-state index contributed by atoms with van der Waals surface area (Å²) in [5.74, 6) is -0.761. The molecule has 0 radical (unpaired) electrons. The van der Waals surface area contributed by atoms with Crippen molar-refractivity contribution in [3.8, 4) is 0 Å². The number of amides is 2. The Morgan fingerprint density at radius 3 is 2.45 bits per heavy atom. The lowest BCUT2D eigenvalue weighted by atomic mass is 10.0. The Hall–Kier alpha value is -3.85. The minimum atomic E-state index is -4.99. The van der Waals surface area contributed by atoms with Crippen LogP contribution in [0.2, 0.25) is 0 Å². The number of amidine groups is 1. The van der Waals surface area contributed by atoms with Gasteiger partial charge in [0.2, 0.25) is 5.91 Å². The van der Waals surface area contributed by atoms with Crippen molar-refractivity contribution in [2.75, 3.05) is 20.1 Å². The molecule has 2 N–H and O–H groups in total. The quantitative estimate of drug-likeness (QED) is 0.289. The van der Waals surface area contributed by atoms with E-state index in [1.54, 1.807) is 31.2 Å². The van der Waals surface area contributed by atoms with Crippen LogP contribution >= 0.6 is 11.8 Å². The Kier molecular flexibility index (Phi) is 8.55. The smallest absolute Gasteiger partial charge is 0.368 e. The lowest BCUT2D eigenvalue weighted by molar-refractivity contribution is -0.143. The van der Waals surface area contributed by atoms with Crippen molar-refractivity contribution in [2.24, 2.45) is 10.7 Å². The summed E-state index contributed by atoms with van der Waals surface area (Å²) in [5.41, 5.74) is 3.43. The SMILES string of the molecule is CC(C(N)=O)N1CCC(N(C)C2=NC(=O)/C(=C\c3ccc4c(cnn4Cc4ccc(C(F)(F)F)cc4C(F)(F)F)c3)S2)CC1. The number of piperidine rings is 1. The van der Waals surface area contributed by atoms with Gasteiger partial charge in [-0.3, -0.25) is 19.2 Å². The lowest BCUT2D eigenvalue weighted by Crippen LogP contribution is -2.50. The van der Waals surface area contributed by atoms with Crippen molar-refractivity contribution < 1.29 is 35.9 Å². The number of primary amides is 1. The number of alkyl halides is 6. The zero-order valence-corrected chi connectivity index (χ0v) is 24.4. The summed E-state index contributed by atoms with van der Waals surface area (Å²) >= 11 is 1.24. The van der Waals surface area contributed by atoms with Crippen LogP contribution in [-0.2, 0) is 28.5 Å². The molecule has 1 saturated heterocycles. The predicted molar refractivity (Wildman–Crippen MR) is 154 cm³/mol. The maximum absolute atomic E-state index is 13.6. The van der Waals surface area contributed by atoms with Gasteiger partial charge in [0, 0.05) is 31.6 Å². The maximum Gasteiger partial charge on any atom is 0.416 e. The van der Waals surface area contributed by atoms with Gasteiger partial charge in [0.1, 0.15) is 0 Å². The van der Waals surface area contributed by atoms with Gasteiger partial charge >= 0.3 is 12.4 Å². The van der Waals surface area contributed by atoms with Crippen LogP contribution in [0.3, 0.4) is 0 Å². The molecular formula is C29H28F6N6O2S. The summed E-state index contributed by atoms with van der Waals surface area (Å²) < 4.78 is 81.3. The maximum atomic E-state index is 13.6. The van der Waals surface area contributed by atoms with Gasteiger partial charge in [-0.15, -0.1) is 0 Å². The van der Waals surface area contributed by atoms with Gasteiger partial charge in [0.05, 0.1) is 40.3 Å². The Morgan fingerprint density at radius 1 is 1.11 bits per heavy atom. The number of aliphatic imine (C=N–C) groups is 1. The first kappa shape index (κ1) is 31.6. The highest BCUT2D eigenvalue weighted by Crippen LogP contribution is 2.38. The number of hydrogen-bond acceptors (Lipinski definition) is 6. The van der Waals surface area contributed by atoms with Crippen molar-refractivity contribution in [3.63, 3.8) is 0 Å². The standard InChI is InChI=1S/C29H28F6N6O2S/c1-16(25(36)42)40-9-7-21(8-10-40)39(2)27-38-26(43)24(44-27)12-17-3-6-23-19(11-17)14-37-41(23)15-18-4-5-20(28(30,31)32)13-22(18)29(33,34)35/h3-6,11-14,16,21H,7-10,15H2,1-2H3,(H2,36,42)/b24-12+. The molecule has 0 aliphatic carbocycles. The number of rotatable bonds is 6. The van der Waals surface area contributed by atoms with Gasteiger partial charge in [-0.2, -0.15) is 36.4 Å². The van der Waals surface area contributed by atoms with Crippen LogP contribution in [0.5, 0.6) is 0 Å². The van der Waals surface area contributed by atoms with Gasteiger partial charge in [0.25, 0.3) is 5.91 Å². The summed E-state index contributed by atoms with van der Waals surface area (Å²) in [4.78, 5) is 32.8.